The van der Waals surface area contributed by atoms with Crippen molar-refractivity contribution >= 4 is 40.0 Å². The van der Waals surface area contributed by atoms with Crippen molar-refractivity contribution in [3.8, 4) is 11.4 Å². The van der Waals surface area contributed by atoms with Crippen LogP contribution in [0.25, 0.3) is 16.5 Å². The Kier molecular flexibility index (Phi) is 10.1. The van der Waals surface area contributed by atoms with Gasteiger partial charge in [-0.1, -0.05) is 55.3 Å². The van der Waals surface area contributed by atoms with Gasteiger partial charge in [0.05, 0.1) is 17.1 Å². The number of anilines is 3. The number of carbonyl (C=O) groups is 2. The lowest BCUT2D eigenvalue weighted by Crippen LogP contribution is -2.26. The molecule has 10 nitrogen and oxygen atoms in total. The molecule has 10 heteroatoms. The number of urea groups is 1. The molecule has 0 bridgehead atoms. The van der Waals surface area contributed by atoms with Crippen LogP contribution in [0.3, 0.4) is 0 Å². The van der Waals surface area contributed by atoms with Crippen LogP contribution < -0.4 is 20.7 Å². The Morgan fingerprint density at radius 1 is 0.933 bits per heavy atom. The van der Waals surface area contributed by atoms with Crippen molar-refractivity contribution in [2.75, 3.05) is 23.1 Å². The van der Waals surface area contributed by atoms with Gasteiger partial charge in [-0.05, 0) is 68.7 Å². The summed E-state index contributed by atoms with van der Waals surface area (Å²) < 4.78 is 13.0. The van der Waals surface area contributed by atoms with Crippen LogP contribution in [0.2, 0.25) is 0 Å². The Bertz CT molecular complexity index is 1780. The first kappa shape index (κ1) is 31.2. The number of pyridine rings is 1. The molecule has 0 aliphatic rings. The predicted molar refractivity (Wildman–Crippen MR) is 177 cm³/mol. The smallest absolute Gasteiger partial charge is 0.324 e. The van der Waals surface area contributed by atoms with Crippen LogP contribution in [0.15, 0.2) is 85.1 Å². The number of aromatic nitrogens is 3. The third kappa shape index (κ3) is 7.84. The van der Waals surface area contributed by atoms with Gasteiger partial charge in [-0.15, -0.1) is 0 Å². The average molecular weight is 607 g/mol. The number of benzene rings is 3. The standard InChI is InChI=1S/C35H38N6O4/c1-5-6-9-26-21-33(41(40-26)27-14-12-23(2)13-15-27)39-35(43)37-30-16-17-31(29-11-8-7-10-28(29)30)45-22-25-18-19-36-32(20-25)38-34(42)24(3)44-4/h7-8,10-21,24H,5-6,9,22H2,1-4H3,(H,36,38,42)(H2,37,39,43). The monoisotopic (exact) mass is 606 g/mol. The fourth-order valence-electron chi connectivity index (χ4n) is 4.79. The van der Waals surface area contributed by atoms with Crippen LogP contribution in [0.5, 0.6) is 5.75 Å². The van der Waals surface area contributed by atoms with Crippen molar-refractivity contribution in [2.24, 2.45) is 0 Å². The predicted octanol–water partition coefficient (Wildman–Crippen LogP) is 7.27. The number of ether oxygens (including phenoxy) is 2. The lowest BCUT2D eigenvalue weighted by Gasteiger charge is -2.15. The molecule has 0 aliphatic carbocycles. The zero-order valence-electron chi connectivity index (χ0n) is 26.0. The number of fused-ring (bicyclic) bond motifs is 1. The second-order valence-corrected chi connectivity index (χ2v) is 10.8. The Hall–Kier alpha value is -5.22. The molecule has 1 atom stereocenters. The molecule has 3 amide bonds. The van der Waals surface area contributed by atoms with Gasteiger partial charge in [0.15, 0.2) is 0 Å². The number of carbonyl (C=O) groups excluding carboxylic acids is 2. The summed E-state index contributed by atoms with van der Waals surface area (Å²) in [7, 11) is 1.48. The zero-order chi connectivity index (χ0) is 31.8. The minimum atomic E-state index is -0.592. The molecule has 2 aromatic heterocycles. The molecule has 5 aromatic rings. The number of unbranched alkanes of at least 4 members (excludes halogenated alkanes) is 1. The number of nitrogens with zero attached hydrogens (tertiary/aromatic N) is 3. The van der Waals surface area contributed by atoms with Crippen molar-refractivity contribution in [1.82, 2.24) is 14.8 Å². The average Bonchev–Trinajstić information content (AvgIpc) is 3.45. The van der Waals surface area contributed by atoms with Gasteiger partial charge in [-0.2, -0.15) is 5.10 Å². The molecule has 5 rings (SSSR count). The second-order valence-electron chi connectivity index (χ2n) is 10.8. The molecule has 0 saturated carbocycles. The van der Waals surface area contributed by atoms with Gasteiger partial charge in [0.25, 0.3) is 5.91 Å². The quantitative estimate of drug-likeness (QED) is 0.137. The van der Waals surface area contributed by atoms with E-state index in [9.17, 15) is 9.59 Å². The van der Waals surface area contributed by atoms with Crippen LogP contribution in [0, 0.1) is 6.92 Å². The van der Waals surface area contributed by atoms with Crippen molar-refractivity contribution < 1.29 is 19.1 Å². The molecule has 0 radical (unpaired) electrons. The van der Waals surface area contributed by atoms with E-state index in [4.69, 9.17) is 14.6 Å². The maximum Gasteiger partial charge on any atom is 0.324 e. The van der Waals surface area contributed by atoms with E-state index in [1.165, 1.54) is 7.11 Å². The first-order valence-electron chi connectivity index (χ1n) is 15.0. The first-order chi connectivity index (χ1) is 21.8. The fourth-order valence-corrected chi connectivity index (χ4v) is 4.79. The zero-order valence-corrected chi connectivity index (χ0v) is 26.0. The SMILES string of the molecule is CCCCc1cc(NC(=O)Nc2ccc(OCc3ccnc(NC(=O)C(C)OC)c3)c3ccccc23)n(-c2ccc(C)cc2)n1. The molecular formula is C35H38N6O4. The third-order valence-electron chi connectivity index (χ3n) is 7.39. The maximum atomic E-state index is 13.3. The van der Waals surface area contributed by atoms with Crippen LogP contribution in [0.1, 0.15) is 43.5 Å². The molecule has 3 N–H and O–H groups in total. The van der Waals surface area contributed by atoms with E-state index >= 15 is 0 Å². The molecular weight excluding hydrogens is 568 g/mol. The van der Waals surface area contributed by atoms with Crippen molar-refractivity contribution in [3.63, 3.8) is 0 Å². The first-order valence-corrected chi connectivity index (χ1v) is 15.0. The Balaban J connectivity index is 1.31. The molecule has 0 fully saturated rings. The van der Waals surface area contributed by atoms with Gasteiger partial charge in [0.2, 0.25) is 0 Å². The minimum Gasteiger partial charge on any atom is -0.488 e. The molecule has 232 valence electrons. The minimum absolute atomic E-state index is 0.256. The number of amides is 3. The van der Waals surface area contributed by atoms with E-state index in [-0.39, 0.29) is 18.5 Å². The van der Waals surface area contributed by atoms with Gasteiger partial charge in [-0.25, -0.2) is 14.5 Å². The Morgan fingerprint density at radius 3 is 2.47 bits per heavy atom. The second kappa shape index (κ2) is 14.5. The summed E-state index contributed by atoms with van der Waals surface area (Å²) in [6.45, 7) is 6.10. The number of aryl methyl sites for hydroxylation is 2. The highest BCUT2D eigenvalue weighted by molar-refractivity contribution is 6.07. The molecule has 0 saturated heterocycles. The van der Waals surface area contributed by atoms with Gasteiger partial charge >= 0.3 is 6.03 Å². The number of rotatable bonds is 12. The number of methoxy groups -OCH3 is 1. The highest BCUT2D eigenvalue weighted by Gasteiger charge is 2.16. The van der Waals surface area contributed by atoms with Crippen LogP contribution in [-0.4, -0.2) is 39.9 Å². The summed E-state index contributed by atoms with van der Waals surface area (Å²) in [5.41, 5.74) is 4.42. The van der Waals surface area contributed by atoms with Gasteiger partial charge < -0.3 is 20.1 Å². The fraction of sp³-hybridized carbons (Fsp3) is 0.257. The highest BCUT2D eigenvalue weighted by atomic mass is 16.5. The Labute approximate surface area is 262 Å². The largest absolute Gasteiger partial charge is 0.488 e. The molecule has 45 heavy (non-hydrogen) atoms. The molecule has 0 spiro atoms. The lowest BCUT2D eigenvalue weighted by atomic mass is 10.1. The van der Waals surface area contributed by atoms with Crippen LogP contribution in [0.4, 0.5) is 22.1 Å². The summed E-state index contributed by atoms with van der Waals surface area (Å²) >= 11 is 0. The van der Waals surface area contributed by atoms with E-state index in [1.54, 1.807) is 23.9 Å². The van der Waals surface area contributed by atoms with Crippen LogP contribution in [-0.2, 0) is 22.6 Å². The molecule has 1 unspecified atom stereocenters. The normalized spacial score (nSPS) is 11.6. The van der Waals surface area contributed by atoms with E-state index < -0.39 is 6.10 Å². The molecule has 3 aromatic carbocycles. The van der Waals surface area contributed by atoms with Gasteiger partial charge in [0.1, 0.15) is 30.1 Å². The van der Waals surface area contributed by atoms with E-state index in [0.29, 0.717) is 23.1 Å². The summed E-state index contributed by atoms with van der Waals surface area (Å²) in [5.74, 6) is 1.39. The lowest BCUT2D eigenvalue weighted by molar-refractivity contribution is -0.124. The number of hydrogen-bond donors (Lipinski definition) is 3. The maximum absolute atomic E-state index is 13.3. The molecule has 0 aliphatic heterocycles. The molecule has 2 heterocycles. The summed E-state index contributed by atoms with van der Waals surface area (Å²) in [4.78, 5) is 29.7. The van der Waals surface area contributed by atoms with E-state index in [2.05, 4.69) is 27.9 Å². The van der Waals surface area contributed by atoms with Crippen LogP contribution >= 0.6 is 0 Å². The summed E-state index contributed by atoms with van der Waals surface area (Å²) in [6, 6.07) is 24.6. The third-order valence-corrected chi connectivity index (χ3v) is 7.39. The number of hydrogen-bond acceptors (Lipinski definition) is 6. The van der Waals surface area contributed by atoms with Gasteiger partial charge in [-0.3, -0.25) is 10.1 Å². The van der Waals surface area contributed by atoms with Crippen molar-refractivity contribution in [2.45, 2.75) is 52.7 Å². The van der Waals surface area contributed by atoms with E-state index in [1.807, 2.05) is 79.7 Å². The van der Waals surface area contributed by atoms with Crippen molar-refractivity contribution in [3.05, 3.63) is 102 Å². The topological polar surface area (TPSA) is 119 Å². The highest BCUT2D eigenvalue weighted by Crippen LogP contribution is 2.32. The summed E-state index contributed by atoms with van der Waals surface area (Å²) in [5, 5.41) is 15.2. The van der Waals surface area contributed by atoms with Crippen molar-refractivity contribution in [1.29, 1.82) is 0 Å². The Morgan fingerprint density at radius 2 is 1.71 bits per heavy atom. The van der Waals surface area contributed by atoms with Gasteiger partial charge in [0, 0.05) is 30.1 Å². The van der Waals surface area contributed by atoms with E-state index in [0.717, 1.165) is 52.5 Å². The number of nitrogens with one attached hydrogen (secondary N) is 3. The summed E-state index contributed by atoms with van der Waals surface area (Å²) in [6.07, 6.45) is 3.94.